The Morgan fingerprint density at radius 3 is 3.00 bits per heavy atom. The van der Waals surface area contributed by atoms with Crippen LogP contribution in [0.2, 0.25) is 0 Å². The number of rotatable bonds is 4. The normalized spacial score (nSPS) is 12.9. The molecule has 2 aromatic heterocycles. The van der Waals surface area contributed by atoms with Crippen molar-refractivity contribution in [1.82, 2.24) is 20.0 Å². The van der Waals surface area contributed by atoms with Crippen LogP contribution < -0.4 is 0 Å². The fourth-order valence-electron chi connectivity index (χ4n) is 1.41. The highest BCUT2D eigenvalue weighted by Crippen LogP contribution is 2.18. The van der Waals surface area contributed by atoms with Gasteiger partial charge in [0, 0.05) is 30.1 Å². The maximum absolute atomic E-state index is 5.44. The Bertz CT molecular complexity index is 407. The van der Waals surface area contributed by atoms with E-state index in [4.69, 9.17) is 4.74 Å². The summed E-state index contributed by atoms with van der Waals surface area (Å²) in [5.74, 6) is 0. The Hall–Kier alpha value is -1.62. The second kappa shape index (κ2) is 4.27. The van der Waals surface area contributed by atoms with Crippen molar-refractivity contribution in [3.63, 3.8) is 0 Å². The predicted molar refractivity (Wildman–Crippen MR) is 56.1 cm³/mol. The quantitative estimate of drug-likeness (QED) is 0.830. The number of nitrogens with zero attached hydrogens (tertiary/aromatic N) is 3. The third-order valence-corrected chi connectivity index (χ3v) is 2.21. The molecule has 1 N–H and O–H groups in total. The minimum absolute atomic E-state index is 0.0318. The van der Waals surface area contributed by atoms with Crippen LogP contribution in [0.5, 0.6) is 0 Å². The van der Waals surface area contributed by atoms with E-state index >= 15 is 0 Å². The average Bonchev–Trinajstić information content (AvgIpc) is 2.89. The third kappa shape index (κ3) is 2.07. The second-order valence-electron chi connectivity index (χ2n) is 3.25. The van der Waals surface area contributed by atoms with Crippen LogP contribution in [0.1, 0.15) is 20.1 Å². The van der Waals surface area contributed by atoms with Crippen molar-refractivity contribution in [2.75, 3.05) is 6.61 Å². The predicted octanol–water partition coefficient (Wildman–Crippen LogP) is 1.83. The summed E-state index contributed by atoms with van der Waals surface area (Å²) in [6, 6.07) is 0. The van der Waals surface area contributed by atoms with Crippen LogP contribution >= 0.6 is 0 Å². The smallest absolute Gasteiger partial charge is 0.147 e. The summed E-state index contributed by atoms with van der Waals surface area (Å²) >= 11 is 0. The Balaban J connectivity index is 2.17. The maximum Gasteiger partial charge on any atom is 0.147 e. The van der Waals surface area contributed by atoms with Crippen LogP contribution in [-0.2, 0) is 4.74 Å². The van der Waals surface area contributed by atoms with E-state index in [0.29, 0.717) is 6.61 Å². The fourth-order valence-corrected chi connectivity index (χ4v) is 1.41. The molecule has 0 spiro atoms. The molecule has 2 rings (SSSR count). The first-order valence-electron chi connectivity index (χ1n) is 4.96. The summed E-state index contributed by atoms with van der Waals surface area (Å²) in [4.78, 5) is 0. The van der Waals surface area contributed by atoms with E-state index in [9.17, 15) is 0 Å². The van der Waals surface area contributed by atoms with Crippen molar-refractivity contribution >= 4 is 0 Å². The molecule has 0 aromatic carbocycles. The molecular formula is C10H14N4O. The number of H-pyrrole nitrogens is 1. The number of ether oxygens (including phenoxy) is 1. The molecule has 0 aliphatic rings. The highest BCUT2D eigenvalue weighted by atomic mass is 16.5. The Labute approximate surface area is 88.1 Å². The fraction of sp³-hybridized carbons (Fsp3) is 0.400. The van der Waals surface area contributed by atoms with Crippen molar-refractivity contribution in [3.8, 4) is 11.1 Å². The van der Waals surface area contributed by atoms with Crippen LogP contribution in [0, 0.1) is 0 Å². The second-order valence-corrected chi connectivity index (χ2v) is 3.25. The monoisotopic (exact) mass is 206 g/mol. The first-order chi connectivity index (χ1) is 7.31. The molecule has 5 nitrogen and oxygen atoms in total. The summed E-state index contributed by atoms with van der Waals surface area (Å²) in [5.41, 5.74) is 2.07. The van der Waals surface area contributed by atoms with Crippen LogP contribution in [-0.4, -0.2) is 26.6 Å². The molecule has 0 bridgehead atoms. The number of nitrogens with one attached hydrogen (secondary N) is 1. The van der Waals surface area contributed by atoms with Crippen molar-refractivity contribution in [1.29, 1.82) is 0 Å². The third-order valence-electron chi connectivity index (χ3n) is 2.21. The highest BCUT2D eigenvalue weighted by Gasteiger charge is 2.07. The molecule has 1 unspecified atom stereocenters. The topological polar surface area (TPSA) is 55.7 Å². The minimum Gasteiger partial charge on any atom is -0.357 e. The van der Waals surface area contributed by atoms with E-state index in [1.165, 1.54) is 0 Å². The molecule has 0 fully saturated rings. The van der Waals surface area contributed by atoms with Crippen molar-refractivity contribution in [2.45, 2.75) is 20.1 Å². The van der Waals surface area contributed by atoms with E-state index < -0.39 is 0 Å². The van der Waals surface area contributed by atoms with Gasteiger partial charge in [0.15, 0.2) is 0 Å². The lowest BCUT2D eigenvalue weighted by atomic mass is 10.2. The largest absolute Gasteiger partial charge is 0.357 e. The van der Waals surface area contributed by atoms with Gasteiger partial charge in [-0.1, -0.05) is 0 Å². The molecule has 0 radical (unpaired) electrons. The van der Waals surface area contributed by atoms with Gasteiger partial charge in [0.25, 0.3) is 0 Å². The lowest BCUT2D eigenvalue weighted by Crippen LogP contribution is -2.09. The summed E-state index contributed by atoms with van der Waals surface area (Å²) in [5, 5.41) is 10.9. The molecule has 0 amide bonds. The van der Waals surface area contributed by atoms with Gasteiger partial charge in [0.05, 0.1) is 12.4 Å². The number of aromatic nitrogens is 4. The summed E-state index contributed by atoms with van der Waals surface area (Å²) in [7, 11) is 0. The van der Waals surface area contributed by atoms with E-state index in [1.807, 2.05) is 26.2 Å². The Morgan fingerprint density at radius 1 is 1.47 bits per heavy atom. The number of hydrogen-bond acceptors (Lipinski definition) is 3. The van der Waals surface area contributed by atoms with Crippen molar-refractivity contribution in [2.24, 2.45) is 0 Å². The highest BCUT2D eigenvalue weighted by molar-refractivity contribution is 5.59. The maximum atomic E-state index is 5.44. The van der Waals surface area contributed by atoms with Crippen LogP contribution in [0.25, 0.3) is 11.1 Å². The van der Waals surface area contributed by atoms with Crippen LogP contribution in [0.15, 0.2) is 24.8 Å². The Morgan fingerprint density at radius 2 is 2.33 bits per heavy atom. The van der Waals surface area contributed by atoms with Gasteiger partial charge in [-0.05, 0) is 13.8 Å². The molecule has 2 heterocycles. The SMILES string of the molecule is CCOC(C)n1cc(-c2cn[nH]c2)cn1. The standard InChI is InChI=1S/C10H14N4O/c1-3-15-8(2)14-7-10(6-13-14)9-4-11-12-5-9/h4-8H,3H2,1-2H3,(H,11,12). The molecular weight excluding hydrogens is 192 g/mol. The van der Waals surface area contributed by atoms with E-state index in [-0.39, 0.29) is 6.23 Å². The van der Waals surface area contributed by atoms with E-state index in [0.717, 1.165) is 11.1 Å². The molecule has 80 valence electrons. The molecule has 1 atom stereocenters. The zero-order chi connectivity index (χ0) is 10.7. The summed E-state index contributed by atoms with van der Waals surface area (Å²) in [6.07, 6.45) is 7.33. The number of aromatic amines is 1. The zero-order valence-electron chi connectivity index (χ0n) is 8.84. The van der Waals surface area contributed by atoms with Gasteiger partial charge < -0.3 is 4.74 Å². The van der Waals surface area contributed by atoms with Gasteiger partial charge in [-0.2, -0.15) is 10.2 Å². The molecule has 5 heteroatoms. The van der Waals surface area contributed by atoms with E-state index in [2.05, 4.69) is 15.3 Å². The lowest BCUT2D eigenvalue weighted by Gasteiger charge is -2.10. The average molecular weight is 206 g/mol. The van der Waals surface area contributed by atoms with Crippen LogP contribution in [0.3, 0.4) is 0 Å². The van der Waals surface area contributed by atoms with Gasteiger partial charge in [0.1, 0.15) is 6.23 Å². The van der Waals surface area contributed by atoms with Gasteiger partial charge in [-0.15, -0.1) is 0 Å². The van der Waals surface area contributed by atoms with Crippen molar-refractivity contribution in [3.05, 3.63) is 24.8 Å². The molecule has 2 aromatic rings. The molecule has 15 heavy (non-hydrogen) atoms. The van der Waals surface area contributed by atoms with E-state index in [1.54, 1.807) is 17.1 Å². The summed E-state index contributed by atoms with van der Waals surface area (Å²) in [6.45, 7) is 4.62. The number of hydrogen-bond donors (Lipinski definition) is 1. The minimum atomic E-state index is -0.0318. The molecule has 0 saturated heterocycles. The first kappa shape index (κ1) is 9.92. The molecule has 0 aliphatic heterocycles. The van der Waals surface area contributed by atoms with Gasteiger partial charge in [-0.25, -0.2) is 4.68 Å². The van der Waals surface area contributed by atoms with Gasteiger partial charge >= 0.3 is 0 Å². The van der Waals surface area contributed by atoms with Gasteiger partial charge in [0.2, 0.25) is 0 Å². The van der Waals surface area contributed by atoms with Crippen LogP contribution in [0.4, 0.5) is 0 Å². The summed E-state index contributed by atoms with van der Waals surface area (Å²) < 4.78 is 7.23. The molecule has 0 aliphatic carbocycles. The van der Waals surface area contributed by atoms with Crippen molar-refractivity contribution < 1.29 is 4.74 Å². The Kier molecular flexibility index (Phi) is 2.82. The zero-order valence-corrected chi connectivity index (χ0v) is 8.84. The molecule has 0 saturated carbocycles. The first-order valence-corrected chi connectivity index (χ1v) is 4.96. The lowest BCUT2D eigenvalue weighted by molar-refractivity contribution is 0.0160. The van der Waals surface area contributed by atoms with Gasteiger partial charge in [-0.3, -0.25) is 5.10 Å².